The number of rotatable bonds is 2. The van der Waals surface area contributed by atoms with Crippen LogP contribution in [0.4, 0.5) is 4.39 Å². The first-order valence-corrected chi connectivity index (χ1v) is 3.79. The summed E-state index contributed by atoms with van der Waals surface area (Å²) >= 11 is 0. The van der Waals surface area contributed by atoms with Crippen molar-refractivity contribution < 1.29 is 13.9 Å². The van der Waals surface area contributed by atoms with E-state index in [2.05, 4.69) is 9.72 Å². The van der Waals surface area contributed by atoms with Crippen LogP contribution >= 0.6 is 0 Å². The third-order valence-electron chi connectivity index (χ3n) is 1.67. The average Bonchev–Trinajstić information content (AvgIpc) is 2.20. The molecule has 1 aromatic heterocycles. The molecule has 0 aliphatic carbocycles. The minimum atomic E-state index is -0.811. The number of hydrogen-bond donors (Lipinski definition) is 0. The fourth-order valence-electron chi connectivity index (χ4n) is 0.956. The number of hydrogen-bond acceptors (Lipinski definition) is 4. The van der Waals surface area contributed by atoms with Crippen LogP contribution in [0, 0.1) is 17.3 Å². The second kappa shape index (κ2) is 4.33. The van der Waals surface area contributed by atoms with Crippen LogP contribution in [0.5, 0.6) is 0 Å². The van der Waals surface area contributed by atoms with Crippen molar-refractivity contribution in [1.82, 2.24) is 4.98 Å². The summed E-state index contributed by atoms with van der Waals surface area (Å²) in [6.07, 6.45) is 0.897. The minimum absolute atomic E-state index is 0.0261. The Kier molecular flexibility index (Phi) is 3.13. The normalized spacial score (nSPS) is 9.21. The highest BCUT2D eigenvalue weighted by Gasteiger charge is 2.13. The molecule has 0 atom stereocenters. The van der Waals surface area contributed by atoms with E-state index in [0.29, 0.717) is 0 Å². The lowest BCUT2D eigenvalue weighted by Crippen LogP contribution is -2.08. The maximum absolute atomic E-state index is 13.1. The Bertz CT molecular complexity index is 398. The van der Waals surface area contributed by atoms with Crippen molar-refractivity contribution in [2.75, 3.05) is 7.11 Å². The molecule has 0 aliphatic rings. The van der Waals surface area contributed by atoms with Crippen molar-refractivity contribution in [3.8, 4) is 6.07 Å². The molecule has 0 spiro atoms. The zero-order valence-electron chi connectivity index (χ0n) is 7.45. The lowest BCUT2D eigenvalue weighted by molar-refractivity contribution is -0.139. The number of aromatic nitrogens is 1. The number of nitriles is 1. The first-order chi connectivity index (χ1) is 6.69. The number of esters is 1. The molecular formula is C9H7FN2O2. The molecule has 0 bridgehead atoms. The number of nitrogens with zero attached hydrogens (tertiary/aromatic N) is 2. The lowest BCUT2D eigenvalue weighted by Gasteiger charge is -2.02. The predicted molar refractivity (Wildman–Crippen MR) is 44.6 cm³/mol. The van der Waals surface area contributed by atoms with Gasteiger partial charge in [0.05, 0.1) is 25.2 Å². The number of carbonyl (C=O) groups excluding carboxylic acids is 1. The summed E-state index contributed by atoms with van der Waals surface area (Å²) in [4.78, 5) is 14.2. The maximum Gasteiger partial charge on any atom is 0.310 e. The van der Waals surface area contributed by atoms with Gasteiger partial charge in [0.25, 0.3) is 0 Å². The maximum atomic E-state index is 13.1. The smallest absolute Gasteiger partial charge is 0.310 e. The van der Waals surface area contributed by atoms with Gasteiger partial charge in [-0.2, -0.15) is 9.65 Å². The van der Waals surface area contributed by atoms with E-state index in [0.717, 1.165) is 0 Å². The molecule has 72 valence electrons. The Morgan fingerprint density at radius 2 is 2.50 bits per heavy atom. The number of halogens is 1. The molecule has 1 heterocycles. The highest BCUT2D eigenvalue weighted by atomic mass is 19.1. The number of carbonyl (C=O) groups is 1. The zero-order valence-corrected chi connectivity index (χ0v) is 7.45. The number of ether oxygens (including phenoxy) is 1. The molecule has 0 fully saturated rings. The van der Waals surface area contributed by atoms with Crippen molar-refractivity contribution >= 4 is 5.97 Å². The lowest BCUT2D eigenvalue weighted by atomic mass is 10.1. The van der Waals surface area contributed by atoms with Gasteiger partial charge < -0.3 is 4.74 Å². The van der Waals surface area contributed by atoms with Gasteiger partial charge in [0.15, 0.2) is 0 Å². The van der Waals surface area contributed by atoms with Gasteiger partial charge in [-0.05, 0) is 6.07 Å². The first kappa shape index (κ1) is 10.1. The minimum Gasteiger partial charge on any atom is -0.469 e. The topological polar surface area (TPSA) is 63.0 Å². The SMILES string of the molecule is COC(=O)Cc1c(C#N)ccnc1F. The predicted octanol–water partition coefficient (Wildman–Crippen LogP) is 0.808. The summed E-state index contributed by atoms with van der Waals surface area (Å²) in [6.45, 7) is 0. The summed E-state index contributed by atoms with van der Waals surface area (Å²) in [5.74, 6) is -1.41. The van der Waals surface area contributed by atoms with Gasteiger partial charge in [0.2, 0.25) is 5.95 Å². The van der Waals surface area contributed by atoms with E-state index in [1.807, 2.05) is 0 Å². The Morgan fingerprint density at radius 3 is 3.07 bits per heavy atom. The third-order valence-corrected chi connectivity index (χ3v) is 1.67. The molecule has 0 N–H and O–H groups in total. The van der Waals surface area contributed by atoms with E-state index in [-0.39, 0.29) is 17.5 Å². The fraction of sp³-hybridized carbons (Fsp3) is 0.222. The fourth-order valence-corrected chi connectivity index (χ4v) is 0.956. The van der Waals surface area contributed by atoms with E-state index >= 15 is 0 Å². The second-order valence-corrected chi connectivity index (χ2v) is 2.49. The summed E-state index contributed by atoms with van der Waals surface area (Å²) in [5.41, 5.74) is 0.0738. The molecule has 0 unspecified atom stereocenters. The molecule has 0 amide bonds. The molecule has 5 heteroatoms. The van der Waals surface area contributed by atoms with Crippen molar-refractivity contribution in [3.63, 3.8) is 0 Å². The molecule has 4 nitrogen and oxygen atoms in total. The van der Waals surface area contributed by atoms with Crippen molar-refractivity contribution in [1.29, 1.82) is 5.26 Å². The van der Waals surface area contributed by atoms with Crippen LogP contribution in [0.15, 0.2) is 12.3 Å². The average molecular weight is 194 g/mol. The third kappa shape index (κ3) is 2.04. The summed E-state index contributed by atoms with van der Waals surface area (Å²) < 4.78 is 17.4. The monoisotopic (exact) mass is 194 g/mol. The van der Waals surface area contributed by atoms with E-state index in [4.69, 9.17) is 5.26 Å². The molecule has 0 aliphatic heterocycles. The molecule has 14 heavy (non-hydrogen) atoms. The van der Waals surface area contributed by atoms with Crippen LogP contribution < -0.4 is 0 Å². The standard InChI is InChI=1S/C9H7FN2O2/c1-14-8(13)4-7-6(5-11)2-3-12-9(7)10/h2-3H,4H2,1H3. The van der Waals surface area contributed by atoms with Gasteiger partial charge in [0.1, 0.15) is 0 Å². The van der Waals surface area contributed by atoms with Crippen LogP contribution in [-0.4, -0.2) is 18.1 Å². The number of methoxy groups -OCH3 is 1. The van der Waals surface area contributed by atoms with Crippen LogP contribution in [-0.2, 0) is 16.0 Å². The molecule has 0 aromatic carbocycles. The van der Waals surface area contributed by atoms with E-state index in [1.54, 1.807) is 6.07 Å². The largest absolute Gasteiger partial charge is 0.469 e. The van der Waals surface area contributed by atoms with Gasteiger partial charge in [-0.25, -0.2) is 4.98 Å². The number of pyridine rings is 1. The Morgan fingerprint density at radius 1 is 1.79 bits per heavy atom. The van der Waals surface area contributed by atoms with E-state index in [9.17, 15) is 9.18 Å². The van der Waals surface area contributed by atoms with Gasteiger partial charge >= 0.3 is 5.97 Å². The van der Waals surface area contributed by atoms with Gasteiger partial charge in [-0.3, -0.25) is 4.79 Å². The zero-order chi connectivity index (χ0) is 10.6. The molecule has 1 aromatic rings. The Hall–Kier alpha value is -1.96. The molecular weight excluding hydrogens is 187 g/mol. The van der Waals surface area contributed by atoms with E-state index < -0.39 is 11.9 Å². The van der Waals surface area contributed by atoms with Crippen LogP contribution in [0.2, 0.25) is 0 Å². The highest BCUT2D eigenvalue weighted by molar-refractivity contribution is 5.73. The molecule has 1 rings (SSSR count). The molecule has 0 saturated carbocycles. The Labute approximate surface area is 79.9 Å². The van der Waals surface area contributed by atoms with Crippen LogP contribution in [0.3, 0.4) is 0 Å². The first-order valence-electron chi connectivity index (χ1n) is 3.79. The van der Waals surface area contributed by atoms with E-state index in [1.165, 1.54) is 19.4 Å². The Balaban J connectivity index is 3.06. The molecule has 0 radical (unpaired) electrons. The van der Waals surface area contributed by atoms with Gasteiger partial charge in [0, 0.05) is 11.8 Å². The summed E-state index contributed by atoms with van der Waals surface area (Å²) in [6, 6.07) is 3.13. The van der Waals surface area contributed by atoms with Crippen LogP contribution in [0.1, 0.15) is 11.1 Å². The second-order valence-electron chi connectivity index (χ2n) is 2.49. The van der Waals surface area contributed by atoms with Crippen molar-refractivity contribution in [2.24, 2.45) is 0 Å². The van der Waals surface area contributed by atoms with Crippen molar-refractivity contribution in [3.05, 3.63) is 29.3 Å². The summed E-state index contributed by atoms with van der Waals surface area (Å²) in [7, 11) is 1.20. The van der Waals surface area contributed by atoms with Crippen molar-refractivity contribution in [2.45, 2.75) is 6.42 Å². The highest BCUT2D eigenvalue weighted by Crippen LogP contribution is 2.11. The summed E-state index contributed by atoms with van der Waals surface area (Å²) in [5, 5.41) is 8.63. The van der Waals surface area contributed by atoms with Crippen LogP contribution in [0.25, 0.3) is 0 Å². The quantitative estimate of drug-likeness (QED) is 0.516. The van der Waals surface area contributed by atoms with Gasteiger partial charge in [-0.1, -0.05) is 0 Å². The molecule has 0 saturated heterocycles. The van der Waals surface area contributed by atoms with Gasteiger partial charge in [-0.15, -0.1) is 0 Å².